The van der Waals surface area contributed by atoms with Crippen molar-refractivity contribution >= 4 is 5.91 Å². The van der Waals surface area contributed by atoms with Gasteiger partial charge in [0, 0.05) is 30.4 Å². The summed E-state index contributed by atoms with van der Waals surface area (Å²) in [5, 5.41) is 7.71. The number of hydrogen-bond acceptors (Lipinski definition) is 3. The number of amides is 1. The highest BCUT2D eigenvalue weighted by atomic mass is 16.2. The molecule has 0 unspecified atom stereocenters. The van der Waals surface area contributed by atoms with E-state index in [-0.39, 0.29) is 12.5 Å². The Morgan fingerprint density at radius 1 is 0.964 bits per heavy atom. The second-order valence-corrected chi connectivity index (χ2v) is 6.70. The van der Waals surface area contributed by atoms with Crippen molar-refractivity contribution in [2.45, 2.75) is 20.4 Å². The fourth-order valence-electron chi connectivity index (χ4n) is 3.24. The molecule has 0 saturated carbocycles. The van der Waals surface area contributed by atoms with Gasteiger partial charge in [-0.2, -0.15) is 5.10 Å². The number of likely N-dealkylation sites (N-methyl/N-ethyl adjacent to an activating group) is 1. The Kier molecular flexibility index (Phi) is 6.98. The number of rotatable bonds is 9. The highest BCUT2D eigenvalue weighted by Gasteiger charge is 2.14. The van der Waals surface area contributed by atoms with Crippen LogP contribution in [0.15, 0.2) is 66.9 Å². The number of aromatic nitrogens is 2. The van der Waals surface area contributed by atoms with Crippen LogP contribution < -0.4 is 5.32 Å². The lowest BCUT2D eigenvalue weighted by atomic mass is 10.0. The summed E-state index contributed by atoms with van der Waals surface area (Å²) in [5.74, 6) is -0.0196. The van der Waals surface area contributed by atoms with Gasteiger partial charge < -0.3 is 10.2 Å². The molecule has 1 heterocycles. The largest absolute Gasteiger partial charge is 0.353 e. The fourth-order valence-corrected chi connectivity index (χ4v) is 3.24. The third-order valence-electron chi connectivity index (χ3n) is 4.84. The summed E-state index contributed by atoms with van der Waals surface area (Å²) in [5.41, 5.74) is 4.06. The summed E-state index contributed by atoms with van der Waals surface area (Å²) in [7, 11) is 0. The standard InChI is InChI=1S/C23H28N4O/c1-3-26(4-2)16-15-24-22(28)18-27-17-21(19-11-7-5-8-12-19)23(25-27)20-13-9-6-10-14-20/h5-14,17H,3-4,15-16,18H2,1-2H3,(H,24,28). The molecule has 0 radical (unpaired) electrons. The maximum Gasteiger partial charge on any atom is 0.241 e. The van der Waals surface area contributed by atoms with Crippen LogP contribution in [0, 0.1) is 0 Å². The SMILES string of the molecule is CCN(CC)CCNC(=O)Cn1cc(-c2ccccc2)c(-c2ccccc2)n1. The van der Waals surface area contributed by atoms with Crippen LogP contribution in [0.4, 0.5) is 0 Å². The molecule has 3 rings (SSSR count). The first-order chi connectivity index (χ1) is 13.7. The van der Waals surface area contributed by atoms with Gasteiger partial charge in [0.25, 0.3) is 0 Å². The molecule has 0 fully saturated rings. The first-order valence-electron chi connectivity index (χ1n) is 9.88. The van der Waals surface area contributed by atoms with Crippen LogP contribution in [0.1, 0.15) is 13.8 Å². The summed E-state index contributed by atoms with van der Waals surface area (Å²) in [4.78, 5) is 14.7. The lowest BCUT2D eigenvalue weighted by Crippen LogP contribution is -2.36. The van der Waals surface area contributed by atoms with E-state index in [1.807, 2.05) is 54.7 Å². The molecule has 146 valence electrons. The van der Waals surface area contributed by atoms with Gasteiger partial charge in [0.05, 0.1) is 0 Å². The van der Waals surface area contributed by atoms with Crippen LogP contribution in [0.25, 0.3) is 22.4 Å². The van der Waals surface area contributed by atoms with Gasteiger partial charge in [-0.1, -0.05) is 74.5 Å². The van der Waals surface area contributed by atoms with E-state index in [0.29, 0.717) is 6.54 Å². The van der Waals surface area contributed by atoms with E-state index in [9.17, 15) is 4.79 Å². The monoisotopic (exact) mass is 376 g/mol. The van der Waals surface area contributed by atoms with Crippen LogP contribution in [0.2, 0.25) is 0 Å². The molecule has 2 aromatic carbocycles. The van der Waals surface area contributed by atoms with E-state index in [1.165, 1.54) is 0 Å². The van der Waals surface area contributed by atoms with E-state index in [0.717, 1.165) is 42.0 Å². The molecule has 0 bridgehead atoms. The van der Waals surface area contributed by atoms with E-state index in [1.54, 1.807) is 4.68 Å². The molecule has 0 aliphatic rings. The summed E-state index contributed by atoms with van der Waals surface area (Å²) >= 11 is 0. The molecular weight excluding hydrogens is 348 g/mol. The van der Waals surface area contributed by atoms with Gasteiger partial charge in [-0.25, -0.2) is 0 Å². The third kappa shape index (κ3) is 5.08. The van der Waals surface area contributed by atoms with E-state index < -0.39 is 0 Å². The van der Waals surface area contributed by atoms with Crippen molar-refractivity contribution in [1.29, 1.82) is 0 Å². The van der Waals surface area contributed by atoms with Crippen LogP contribution in [0.3, 0.4) is 0 Å². The van der Waals surface area contributed by atoms with E-state index in [2.05, 4.69) is 36.2 Å². The van der Waals surface area contributed by atoms with Gasteiger partial charge in [-0.15, -0.1) is 0 Å². The van der Waals surface area contributed by atoms with Gasteiger partial charge in [0.15, 0.2) is 0 Å². The normalized spacial score (nSPS) is 11.0. The minimum absolute atomic E-state index is 0.0196. The number of benzene rings is 2. The van der Waals surface area contributed by atoms with Gasteiger partial charge in [0.1, 0.15) is 12.2 Å². The summed E-state index contributed by atoms with van der Waals surface area (Å²) < 4.78 is 1.73. The van der Waals surface area contributed by atoms with Crippen LogP contribution >= 0.6 is 0 Å². The number of carbonyl (C=O) groups is 1. The molecule has 0 saturated heterocycles. The molecule has 5 nitrogen and oxygen atoms in total. The van der Waals surface area contributed by atoms with Gasteiger partial charge in [-0.05, 0) is 18.7 Å². The molecule has 28 heavy (non-hydrogen) atoms. The number of nitrogens with zero attached hydrogens (tertiary/aromatic N) is 3. The zero-order valence-electron chi connectivity index (χ0n) is 16.6. The highest BCUT2D eigenvalue weighted by molar-refractivity contribution is 5.81. The first-order valence-corrected chi connectivity index (χ1v) is 9.88. The molecular formula is C23H28N4O. The predicted octanol–water partition coefficient (Wildman–Crippen LogP) is 3.68. The quantitative estimate of drug-likeness (QED) is 0.620. The minimum atomic E-state index is -0.0196. The van der Waals surface area contributed by atoms with E-state index in [4.69, 9.17) is 5.10 Å². The van der Waals surface area contributed by atoms with Crippen LogP contribution in [-0.2, 0) is 11.3 Å². The lowest BCUT2D eigenvalue weighted by molar-refractivity contribution is -0.121. The van der Waals surface area contributed by atoms with Crippen molar-refractivity contribution in [2.75, 3.05) is 26.2 Å². The second kappa shape index (κ2) is 9.85. The minimum Gasteiger partial charge on any atom is -0.353 e. The van der Waals surface area contributed by atoms with Crippen LogP contribution in [0.5, 0.6) is 0 Å². The number of carbonyl (C=O) groups excluding carboxylic acids is 1. The first kappa shape index (κ1) is 19.8. The van der Waals surface area contributed by atoms with Gasteiger partial charge in [0.2, 0.25) is 5.91 Å². The van der Waals surface area contributed by atoms with Crippen molar-refractivity contribution in [2.24, 2.45) is 0 Å². The maximum atomic E-state index is 12.4. The molecule has 1 aromatic heterocycles. The number of hydrogen-bond donors (Lipinski definition) is 1. The maximum absolute atomic E-state index is 12.4. The van der Waals surface area contributed by atoms with E-state index >= 15 is 0 Å². The Labute approximate surface area is 167 Å². The molecule has 0 aliphatic heterocycles. The topological polar surface area (TPSA) is 50.2 Å². The average Bonchev–Trinajstić information content (AvgIpc) is 3.16. The fraction of sp³-hybridized carbons (Fsp3) is 0.304. The third-order valence-corrected chi connectivity index (χ3v) is 4.84. The van der Waals surface area contributed by atoms with Crippen molar-refractivity contribution in [3.05, 3.63) is 66.9 Å². The van der Waals surface area contributed by atoms with Crippen molar-refractivity contribution < 1.29 is 4.79 Å². The number of nitrogens with one attached hydrogen (secondary N) is 1. The molecule has 0 spiro atoms. The van der Waals surface area contributed by atoms with Crippen LogP contribution in [-0.4, -0.2) is 46.8 Å². The summed E-state index contributed by atoms with van der Waals surface area (Å²) in [6.07, 6.45) is 1.96. The molecule has 3 aromatic rings. The highest BCUT2D eigenvalue weighted by Crippen LogP contribution is 2.30. The molecule has 1 N–H and O–H groups in total. The smallest absolute Gasteiger partial charge is 0.241 e. The molecule has 1 amide bonds. The zero-order chi connectivity index (χ0) is 19.8. The molecule has 0 aliphatic carbocycles. The Hall–Kier alpha value is -2.92. The average molecular weight is 377 g/mol. The second-order valence-electron chi connectivity index (χ2n) is 6.70. The van der Waals surface area contributed by atoms with Crippen molar-refractivity contribution in [1.82, 2.24) is 20.0 Å². The molecule has 5 heteroatoms. The van der Waals surface area contributed by atoms with Crippen molar-refractivity contribution in [3.8, 4) is 22.4 Å². The zero-order valence-corrected chi connectivity index (χ0v) is 16.6. The summed E-state index contributed by atoms with van der Waals surface area (Å²) in [6.45, 7) is 7.97. The Bertz CT molecular complexity index is 813. The van der Waals surface area contributed by atoms with Gasteiger partial charge >= 0.3 is 0 Å². The Balaban J connectivity index is 1.75. The predicted molar refractivity (Wildman–Crippen MR) is 114 cm³/mol. The summed E-state index contributed by atoms with van der Waals surface area (Å²) in [6, 6.07) is 20.3. The van der Waals surface area contributed by atoms with Gasteiger partial charge in [-0.3, -0.25) is 9.48 Å². The lowest BCUT2D eigenvalue weighted by Gasteiger charge is -2.17. The Morgan fingerprint density at radius 2 is 1.57 bits per heavy atom. The Morgan fingerprint density at radius 3 is 2.18 bits per heavy atom. The molecule has 0 atom stereocenters. The van der Waals surface area contributed by atoms with Crippen molar-refractivity contribution in [3.63, 3.8) is 0 Å².